The summed E-state index contributed by atoms with van der Waals surface area (Å²) in [5.74, 6) is 0. The second-order valence-electron chi connectivity index (χ2n) is 3.99. The molecule has 3 heteroatoms. The Morgan fingerprint density at radius 1 is 1.25 bits per heavy atom. The fourth-order valence-electron chi connectivity index (χ4n) is 1.51. The van der Waals surface area contributed by atoms with Crippen LogP contribution in [0.4, 0.5) is 5.69 Å². The summed E-state index contributed by atoms with van der Waals surface area (Å²) in [4.78, 5) is 0. The second-order valence-corrected chi connectivity index (χ2v) is 4.36. The molecule has 0 bridgehead atoms. The molecule has 0 aliphatic carbocycles. The van der Waals surface area contributed by atoms with E-state index < -0.39 is 0 Å². The standard InChI is InChI=1S/C13H19NOS/c1-4-5-6-15-13(16)14-12-8-10(2)7-11(3)9-12/h7-9H,4-6H2,1-3H3,(H,14,16). The fraction of sp³-hybridized carbons (Fsp3) is 0.462. The number of unbranched alkanes of at least 4 members (excludes halogenated alkanes) is 1. The molecule has 0 spiro atoms. The fourth-order valence-corrected chi connectivity index (χ4v) is 1.71. The van der Waals surface area contributed by atoms with E-state index in [9.17, 15) is 0 Å². The highest BCUT2D eigenvalue weighted by Gasteiger charge is 2.00. The van der Waals surface area contributed by atoms with Crippen LogP contribution < -0.4 is 5.32 Å². The Balaban J connectivity index is 2.49. The van der Waals surface area contributed by atoms with Crippen molar-refractivity contribution in [3.63, 3.8) is 0 Å². The van der Waals surface area contributed by atoms with Crippen LogP contribution >= 0.6 is 12.2 Å². The minimum atomic E-state index is 0.457. The highest BCUT2D eigenvalue weighted by atomic mass is 32.1. The summed E-state index contributed by atoms with van der Waals surface area (Å²) in [6.07, 6.45) is 2.15. The molecule has 0 amide bonds. The summed E-state index contributed by atoms with van der Waals surface area (Å²) >= 11 is 5.10. The number of ether oxygens (including phenoxy) is 1. The molecule has 16 heavy (non-hydrogen) atoms. The summed E-state index contributed by atoms with van der Waals surface area (Å²) in [6, 6.07) is 6.25. The van der Waals surface area contributed by atoms with E-state index >= 15 is 0 Å². The van der Waals surface area contributed by atoms with E-state index in [1.54, 1.807) is 0 Å². The number of hydrogen-bond acceptors (Lipinski definition) is 2. The van der Waals surface area contributed by atoms with E-state index in [1.165, 1.54) is 11.1 Å². The lowest BCUT2D eigenvalue weighted by Gasteiger charge is -2.10. The van der Waals surface area contributed by atoms with E-state index in [4.69, 9.17) is 17.0 Å². The Morgan fingerprint density at radius 2 is 1.88 bits per heavy atom. The molecule has 1 aromatic rings. The number of benzene rings is 1. The first-order valence-corrected chi connectivity index (χ1v) is 6.04. The molecule has 0 aromatic heterocycles. The SMILES string of the molecule is CCCCOC(=S)Nc1cc(C)cc(C)c1. The van der Waals surface area contributed by atoms with Gasteiger partial charge in [0.15, 0.2) is 0 Å². The Kier molecular flexibility index (Phi) is 5.26. The van der Waals surface area contributed by atoms with Crippen LogP contribution in [-0.2, 0) is 4.74 Å². The molecule has 0 fully saturated rings. The van der Waals surface area contributed by atoms with Gasteiger partial charge in [-0.05, 0) is 55.7 Å². The molecule has 0 heterocycles. The van der Waals surface area contributed by atoms with Crippen LogP contribution in [-0.4, -0.2) is 11.8 Å². The molecule has 0 atom stereocenters. The summed E-state index contributed by atoms with van der Waals surface area (Å²) in [6.45, 7) is 6.95. The van der Waals surface area contributed by atoms with Crippen molar-refractivity contribution in [3.05, 3.63) is 29.3 Å². The zero-order valence-corrected chi connectivity index (χ0v) is 11.0. The van der Waals surface area contributed by atoms with Gasteiger partial charge in [-0.2, -0.15) is 0 Å². The molecule has 0 unspecified atom stereocenters. The molecule has 0 aliphatic rings. The molecule has 88 valence electrons. The Bertz CT molecular complexity index is 343. The Morgan fingerprint density at radius 3 is 2.44 bits per heavy atom. The molecular weight excluding hydrogens is 218 g/mol. The van der Waals surface area contributed by atoms with Gasteiger partial charge in [0.1, 0.15) is 0 Å². The average molecular weight is 237 g/mol. The van der Waals surface area contributed by atoms with Gasteiger partial charge in [0.05, 0.1) is 6.61 Å². The third-order valence-electron chi connectivity index (χ3n) is 2.20. The van der Waals surface area contributed by atoms with Crippen LogP contribution in [0.25, 0.3) is 0 Å². The van der Waals surface area contributed by atoms with Crippen LogP contribution in [0.15, 0.2) is 18.2 Å². The number of thiocarbonyl (C=S) groups is 1. The quantitative estimate of drug-likeness (QED) is 0.635. The monoisotopic (exact) mass is 237 g/mol. The van der Waals surface area contributed by atoms with Crippen molar-refractivity contribution in [2.45, 2.75) is 33.6 Å². The third kappa shape index (κ3) is 4.62. The molecule has 1 aromatic carbocycles. The molecule has 0 aliphatic heterocycles. The van der Waals surface area contributed by atoms with Crippen molar-refractivity contribution in [3.8, 4) is 0 Å². The molecule has 0 saturated heterocycles. The predicted octanol–water partition coefficient (Wildman–Crippen LogP) is 3.82. The van der Waals surface area contributed by atoms with Gasteiger partial charge in [-0.1, -0.05) is 19.4 Å². The van der Waals surface area contributed by atoms with Crippen LogP contribution in [0.5, 0.6) is 0 Å². The number of nitrogens with one attached hydrogen (secondary N) is 1. The lowest BCUT2D eigenvalue weighted by atomic mass is 10.1. The average Bonchev–Trinajstić information content (AvgIpc) is 2.16. The van der Waals surface area contributed by atoms with Crippen molar-refractivity contribution in [2.24, 2.45) is 0 Å². The number of hydrogen-bond donors (Lipinski definition) is 1. The van der Waals surface area contributed by atoms with E-state index in [0.717, 1.165) is 18.5 Å². The smallest absolute Gasteiger partial charge is 0.261 e. The molecule has 1 N–H and O–H groups in total. The highest BCUT2D eigenvalue weighted by Crippen LogP contribution is 2.13. The predicted molar refractivity (Wildman–Crippen MR) is 73.0 cm³/mol. The summed E-state index contributed by atoms with van der Waals surface area (Å²) in [7, 11) is 0. The zero-order chi connectivity index (χ0) is 12.0. The summed E-state index contributed by atoms with van der Waals surface area (Å²) < 4.78 is 5.39. The topological polar surface area (TPSA) is 21.3 Å². The van der Waals surface area contributed by atoms with Crippen molar-refractivity contribution in [1.82, 2.24) is 0 Å². The largest absolute Gasteiger partial charge is 0.471 e. The van der Waals surface area contributed by atoms with Crippen molar-refractivity contribution >= 4 is 23.1 Å². The Labute approximate surface area is 103 Å². The van der Waals surface area contributed by atoms with Crippen LogP contribution in [0.2, 0.25) is 0 Å². The maximum Gasteiger partial charge on any atom is 0.261 e. The maximum atomic E-state index is 5.39. The maximum absolute atomic E-state index is 5.39. The van der Waals surface area contributed by atoms with Gasteiger partial charge in [0.2, 0.25) is 0 Å². The molecule has 1 rings (SSSR count). The summed E-state index contributed by atoms with van der Waals surface area (Å²) in [5.41, 5.74) is 3.44. The van der Waals surface area contributed by atoms with Crippen molar-refractivity contribution in [1.29, 1.82) is 0 Å². The number of anilines is 1. The van der Waals surface area contributed by atoms with Gasteiger partial charge in [0.25, 0.3) is 5.17 Å². The molecular formula is C13H19NOS. The molecule has 0 saturated carbocycles. The van der Waals surface area contributed by atoms with Crippen molar-refractivity contribution in [2.75, 3.05) is 11.9 Å². The van der Waals surface area contributed by atoms with Crippen molar-refractivity contribution < 1.29 is 4.74 Å². The van der Waals surface area contributed by atoms with Crippen LogP contribution in [0.3, 0.4) is 0 Å². The van der Waals surface area contributed by atoms with E-state index in [1.807, 2.05) is 0 Å². The third-order valence-corrected chi connectivity index (χ3v) is 2.42. The number of rotatable bonds is 4. The minimum Gasteiger partial charge on any atom is -0.471 e. The lowest BCUT2D eigenvalue weighted by Crippen LogP contribution is -2.14. The first kappa shape index (κ1) is 13.0. The van der Waals surface area contributed by atoms with Gasteiger partial charge in [-0.15, -0.1) is 0 Å². The molecule has 2 nitrogen and oxygen atoms in total. The summed E-state index contributed by atoms with van der Waals surface area (Å²) in [5, 5.41) is 3.55. The first-order chi connectivity index (χ1) is 7.61. The lowest BCUT2D eigenvalue weighted by molar-refractivity contribution is 0.304. The Hall–Kier alpha value is -1.09. The normalized spacial score (nSPS) is 9.94. The minimum absolute atomic E-state index is 0.457. The van der Waals surface area contributed by atoms with E-state index in [-0.39, 0.29) is 0 Å². The van der Waals surface area contributed by atoms with Crippen LogP contribution in [0, 0.1) is 13.8 Å². The second kappa shape index (κ2) is 6.48. The van der Waals surface area contributed by atoms with E-state index in [2.05, 4.69) is 44.3 Å². The van der Waals surface area contributed by atoms with E-state index in [0.29, 0.717) is 11.8 Å². The van der Waals surface area contributed by atoms with Gasteiger partial charge in [-0.25, -0.2) is 0 Å². The highest BCUT2D eigenvalue weighted by molar-refractivity contribution is 7.80. The van der Waals surface area contributed by atoms with Gasteiger partial charge >= 0.3 is 0 Å². The number of aryl methyl sites for hydroxylation is 2. The zero-order valence-electron chi connectivity index (χ0n) is 10.2. The van der Waals surface area contributed by atoms with Gasteiger partial charge in [0, 0.05) is 5.69 Å². The van der Waals surface area contributed by atoms with Crippen LogP contribution in [0.1, 0.15) is 30.9 Å². The first-order valence-electron chi connectivity index (χ1n) is 5.64. The molecule has 0 radical (unpaired) electrons. The van der Waals surface area contributed by atoms with Gasteiger partial charge in [-0.3, -0.25) is 0 Å². The van der Waals surface area contributed by atoms with Gasteiger partial charge < -0.3 is 10.1 Å².